The highest BCUT2D eigenvalue weighted by molar-refractivity contribution is 6.33. The van der Waals surface area contributed by atoms with Crippen molar-refractivity contribution in [1.82, 2.24) is 9.78 Å². The van der Waals surface area contributed by atoms with E-state index < -0.39 is 16.4 Å². The molecule has 0 radical (unpaired) electrons. The predicted octanol–water partition coefficient (Wildman–Crippen LogP) is 4.26. The third kappa shape index (κ3) is 4.15. The van der Waals surface area contributed by atoms with E-state index in [0.717, 1.165) is 4.68 Å². The first-order valence-electron chi connectivity index (χ1n) is 9.23. The minimum atomic E-state index is -0.501. The number of para-hydroxylation sites is 1. The molecule has 4 rings (SSSR count). The number of hydrogen-bond donors (Lipinski definition) is 1. The molecule has 0 spiro atoms. The van der Waals surface area contributed by atoms with Gasteiger partial charge in [-0.05, 0) is 18.2 Å². The van der Waals surface area contributed by atoms with E-state index >= 15 is 0 Å². The van der Waals surface area contributed by atoms with Gasteiger partial charge >= 0.3 is 0 Å². The SMILES string of the molecule is O=C(Cn1nc(-c2cccc([N+](=O)[O-])c2)c2ccccc2c1=O)Nc1ccccc1Cl. The number of anilines is 1. The van der Waals surface area contributed by atoms with Crippen LogP contribution in [0.5, 0.6) is 0 Å². The van der Waals surface area contributed by atoms with Gasteiger partial charge in [0.25, 0.3) is 11.2 Å². The highest BCUT2D eigenvalue weighted by atomic mass is 35.5. The third-order valence-corrected chi connectivity index (χ3v) is 4.97. The van der Waals surface area contributed by atoms with Crippen molar-refractivity contribution in [2.24, 2.45) is 0 Å². The molecule has 31 heavy (non-hydrogen) atoms. The number of benzene rings is 3. The number of hydrogen-bond acceptors (Lipinski definition) is 5. The zero-order valence-corrected chi connectivity index (χ0v) is 16.7. The molecule has 0 aliphatic heterocycles. The summed E-state index contributed by atoms with van der Waals surface area (Å²) in [6.07, 6.45) is 0. The Bertz CT molecular complexity index is 1380. The lowest BCUT2D eigenvalue weighted by Crippen LogP contribution is -2.30. The normalized spacial score (nSPS) is 10.7. The van der Waals surface area contributed by atoms with Crippen LogP contribution in [-0.2, 0) is 11.3 Å². The van der Waals surface area contributed by atoms with Gasteiger partial charge in [-0.3, -0.25) is 19.7 Å². The average molecular weight is 435 g/mol. The van der Waals surface area contributed by atoms with Gasteiger partial charge in [0, 0.05) is 23.1 Å². The maximum absolute atomic E-state index is 12.9. The molecular formula is C22H15ClN4O4. The topological polar surface area (TPSA) is 107 Å². The van der Waals surface area contributed by atoms with Crippen LogP contribution in [0.4, 0.5) is 11.4 Å². The van der Waals surface area contributed by atoms with Gasteiger partial charge in [0.1, 0.15) is 6.54 Å². The molecule has 0 aliphatic rings. The molecule has 4 aromatic rings. The van der Waals surface area contributed by atoms with Crippen LogP contribution < -0.4 is 10.9 Å². The Morgan fingerprint density at radius 3 is 2.48 bits per heavy atom. The maximum atomic E-state index is 12.9. The number of fused-ring (bicyclic) bond motifs is 1. The van der Waals surface area contributed by atoms with E-state index in [0.29, 0.717) is 32.7 Å². The number of rotatable bonds is 5. The quantitative estimate of drug-likeness (QED) is 0.373. The molecule has 0 saturated heterocycles. The van der Waals surface area contributed by atoms with Gasteiger partial charge < -0.3 is 5.32 Å². The van der Waals surface area contributed by atoms with Gasteiger partial charge in [-0.15, -0.1) is 0 Å². The van der Waals surface area contributed by atoms with Crippen molar-refractivity contribution in [3.05, 3.63) is 98.3 Å². The monoisotopic (exact) mass is 434 g/mol. The van der Waals surface area contributed by atoms with Crippen molar-refractivity contribution >= 4 is 39.7 Å². The molecule has 0 atom stereocenters. The van der Waals surface area contributed by atoms with E-state index in [4.69, 9.17) is 11.6 Å². The van der Waals surface area contributed by atoms with Crippen molar-refractivity contribution in [2.45, 2.75) is 6.54 Å². The number of aromatic nitrogens is 2. The van der Waals surface area contributed by atoms with Crippen LogP contribution >= 0.6 is 11.6 Å². The molecule has 1 aromatic heterocycles. The van der Waals surface area contributed by atoms with E-state index in [-0.39, 0.29) is 12.2 Å². The fraction of sp³-hybridized carbons (Fsp3) is 0.0455. The molecule has 0 bridgehead atoms. The highest BCUT2D eigenvalue weighted by Gasteiger charge is 2.16. The maximum Gasteiger partial charge on any atom is 0.275 e. The number of carbonyl (C=O) groups excluding carboxylic acids is 1. The summed E-state index contributed by atoms with van der Waals surface area (Å²) in [5.41, 5.74) is 0.703. The molecule has 0 fully saturated rings. The number of nitro benzene ring substituents is 1. The Kier molecular flexibility index (Phi) is 5.46. The van der Waals surface area contributed by atoms with Gasteiger partial charge in [-0.25, -0.2) is 4.68 Å². The fourth-order valence-electron chi connectivity index (χ4n) is 3.21. The standard InChI is InChI=1S/C22H15ClN4O4/c23-18-10-3-4-11-19(18)24-20(28)13-26-22(29)17-9-2-1-8-16(17)21(25-26)14-6-5-7-15(12-14)27(30)31/h1-12H,13H2,(H,24,28). The summed E-state index contributed by atoms with van der Waals surface area (Å²) in [5, 5.41) is 19.5. The molecule has 1 N–H and O–H groups in total. The number of nitrogens with one attached hydrogen (secondary N) is 1. The van der Waals surface area contributed by atoms with Gasteiger partial charge in [-0.1, -0.05) is 54.1 Å². The first kappa shape index (κ1) is 20.2. The summed E-state index contributed by atoms with van der Waals surface area (Å²) < 4.78 is 1.04. The third-order valence-electron chi connectivity index (χ3n) is 4.64. The molecule has 0 saturated carbocycles. The molecule has 0 aliphatic carbocycles. The number of non-ortho nitro benzene ring substituents is 1. The Balaban J connectivity index is 1.78. The molecule has 9 heteroatoms. The molecule has 3 aromatic carbocycles. The van der Waals surface area contributed by atoms with E-state index in [9.17, 15) is 19.7 Å². The Morgan fingerprint density at radius 2 is 1.74 bits per heavy atom. The summed E-state index contributed by atoms with van der Waals surface area (Å²) in [4.78, 5) is 36.2. The van der Waals surface area contributed by atoms with Crippen molar-refractivity contribution in [2.75, 3.05) is 5.32 Å². The van der Waals surface area contributed by atoms with Crippen LogP contribution in [0.2, 0.25) is 5.02 Å². The molecule has 1 heterocycles. The summed E-state index contributed by atoms with van der Waals surface area (Å²) in [6.45, 7) is -0.350. The minimum Gasteiger partial charge on any atom is -0.323 e. The second-order valence-electron chi connectivity index (χ2n) is 6.69. The van der Waals surface area contributed by atoms with Gasteiger partial charge in [0.05, 0.1) is 26.7 Å². The Labute approximate surface area is 180 Å². The van der Waals surface area contributed by atoms with Crippen LogP contribution in [-0.4, -0.2) is 20.6 Å². The lowest BCUT2D eigenvalue weighted by molar-refractivity contribution is -0.384. The molecule has 1 amide bonds. The first-order chi connectivity index (χ1) is 14.9. The number of nitrogens with zero attached hydrogens (tertiary/aromatic N) is 3. The largest absolute Gasteiger partial charge is 0.323 e. The van der Waals surface area contributed by atoms with E-state index in [1.165, 1.54) is 12.1 Å². The van der Waals surface area contributed by atoms with Gasteiger partial charge in [0.15, 0.2) is 0 Å². The number of nitro groups is 1. The summed E-state index contributed by atoms with van der Waals surface area (Å²) in [6, 6.07) is 19.5. The fourth-order valence-corrected chi connectivity index (χ4v) is 3.39. The summed E-state index contributed by atoms with van der Waals surface area (Å²) >= 11 is 6.07. The second kappa shape index (κ2) is 8.37. The number of halogens is 1. The Morgan fingerprint density at radius 1 is 1.03 bits per heavy atom. The molecule has 0 unspecified atom stereocenters. The highest BCUT2D eigenvalue weighted by Crippen LogP contribution is 2.27. The lowest BCUT2D eigenvalue weighted by atomic mass is 10.0. The van der Waals surface area contributed by atoms with Crippen molar-refractivity contribution < 1.29 is 9.72 Å². The van der Waals surface area contributed by atoms with Gasteiger partial charge in [-0.2, -0.15) is 5.10 Å². The van der Waals surface area contributed by atoms with Crippen LogP contribution in [0.15, 0.2) is 77.6 Å². The van der Waals surface area contributed by atoms with E-state index in [1.54, 1.807) is 60.7 Å². The van der Waals surface area contributed by atoms with Crippen molar-refractivity contribution in [3.8, 4) is 11.3 Å². The predicted molar refractivity (Wildman–Crippen MR) is 118 cm³/mol. The Hall–Kier alpha value is -4.04. The first-order valence-corrected chi connectivity index (χ1v) is 9.61. The smallest absolute Gasteiger partial charge is 0.275 e. The molecular weight excluding hydrogens is 420 g/mol. The lowest BCUT2D eigenvalue weighted by Gasteiger charge is -2.12. The van der Waals surface area contributed by atoms with Crippen molar-refractivity contribution in [1.29, 1.82) is 0 Å². The minimum absolute atomic E-state index is 0.0995. The van der Waals surface area contributed by atoms with Crippen LogP contribution in [0.25, 0.3) is 22.0 Å². The zero-order chi connectivity index (χ0) is 22.0. The van der Waals surface area contributed by atoms with Crippen LogP contribution in [0.3, 0.4) is 0 Å². The molecule has 8 nitrogen and oxygen atoms in total. The van der Waals surface area contributed by atoms with Crippen LogP contribution in [0, 0.1) is 10.1 Å². The second-order valence-corrected chi connectivity index (χ2v) is 7.10. The van der Waals surface area contributed by atoms with E-state index in [2.05, 4.69) is 10.4 Å². The van der Waals surface area contributed by atoms with Gasteiger partial charge in [0.2, 0.25) is 5.91 Å². The molecule has 154 valence electrons. The number of carbonyl (C=O) groups is 1. The zero-order valence-electron chi connectivity index (χ0n) is 16.0. The number of amides is 1. The van der Waals surface area contributed by atoms with E-state index in [1.807, 2.05) is 0 Å². The summed E-state index contributed by atoms with van der Waals surface area (Å²) in [5.74, 6) is -0.483. The van der Waals surface area contributed by atoms with Crippen LogP contribution in [0.1, 0.15) is 0 Å². The summed E-state index contributed by atoms with van der Waals surface area (Å²) in [7, 11) is 0. The van der Waals surface area contributed by atoms with Crippen molar-refractivity contribution in [3.63, 3.8) is 0 Å². The average Bonchev–Trinajstić information content (AvgIpc) is 2.77.